The minimum Gasteiger partial charge on any atom is -0.255 e. The van der Waals surface area contributed by atoms with Gasteiger partial charge in [0.2, 0.25) is 0 Å². The molecule has 1 atom stereocenters. The zero-order valence-electron chi connectivity index (χ0n) is 9.20. The molecular weight excluding hydrogens is 323 g/mol. The molecular formula is C12H11BrCl2N2. The van der Waals surface area contributed by atoms with Crippen LogP contribution in [0.2, 0.25) is 10.3 Å². The van der Waals surface area contributed by atoms with Crippen LogP contribution in [-0.4, -0.2) is 9.78 Å². The highest BCUT2D eigenvalue weighted by Crippen LogP contribution is 2.32. The highest BCUT2D eigenvalue weighted by atomic mass is 79.9. The van der Waals surface area contributed by atoms with Crippen molar-refractivity contribution in [2.75, 3.05) is 0 Å². The Morgan fingerprint density at radius 1 is 1.29 bits per heavy atom. The molecule has 17 heavy (non-hydrogen) atoms. The minimum atomic E-state index is 0.183. The number of hydrogen-bond acceptors (Lipinski definition) is 1. The van der Waals surface area contributed by atoms with E-state index in [0.29, 0.717) is 10.3 Å². The van der Waals surface area contributed by atoms with E-state index in [1.165, 1.54) is 5.56 Å². The van der Waals surface area contributed by atoms with Crippen molar-refractivity contribution in [3.05, 3.63) is 51.8 Å². The van der Waals surface area contributed by atoms with Crippen LogP contribution in [0.15, 0.2) is 30.3 Å². The van der Waals surface area contributed by atoms with Gasteiger partial charge in [0.15, 0.2) is 5.15 Å². The SMILES string of the molecule is Cn1nc(Cl)c(CC(Br)c2ccccc2)c1Cl. The van der Waals surface area contributed by atoms with Gasteiger partial charge in [-0.1, -0.05) is 69.5 Å². The van der Waals surface area contributed by atoms with Crippen LogP contribution in [-0.2, 0) is 13.5 Å². The Morgan fingerprint density at radius 3 is 2.47 bits per heavy atom. The Labute approximate surface area is 119 Å². The average molecular weight is 334 g/mol. The predicted molar refractivity (Wildman–Crippen MR) is 75.0 cm³/mol. The van der Waals surface area contributed by atoms with E-state index >= 15 is 0 Å². The molecule has 2 rings (SSSR count). The summed E-state index contributed by atoms with van der Waals surface area (Å²) in [6, 6.07) is 10.1. The second-order valence-corrected chi connectivity index (χ2v) is 5.59. The summed E-state index contributed by atoms with van der Waals surface area (Å²) >= 11 is 15.8. The normalized spacial score (nSPS) is 12.7. The van der Waals surface area contributed by atoms with E-state index in [2.05, 4.69) is 33.2 Å². The lowest BCUT2D eigenvalue weighted by Gasteiger charge is -2.09. The van der Waals surface area contributed by atoms with Crippen molar-refractivity contribution < 1.29 is 0 Å². The fourth-order valence-electron chi connectivity index (χ4n) is 1.64. The van der Waals surface area contributed by atoms with Gasteiger partial charge in [0.1, 0.15) is 5.15 Å². The lowest BCUT2D eigenvalue weighted by molar-refractivity contribution is 0.768. The first-order valence-electron chi connectivity index (χ1n) is 5.15. The monoisotopic (exact) mass is 332 g/mol. The second kappa shape index (κ2) is 5.42. The van der Waals surface area contributed by atoms with Crippen molar-refractivity contribution in [1.29, 1.82) is 0 Å². The molecule has 0 aliphatic carbocycles. The largest absolute Gasteiger partial charge is 0.255 e. The van der Waals surface area contributed by atoms with Gasteiger partial charge in [0, 0.05) is 17.4 Å². The number of aromatic nitrogens is 2. The molecule has 0 amide bonds. The summed E-state index contributed by atoms with van der Waals surface area (Å²) < 4.78 is 1.59. The second-order valence-electron chi connectivity index (χ2n) is 3.77. The molecule has 0 aliphatic rings. The smallest absolute Gasteiger partial charge is 0.155 e. The first-order chi connectivity index (χ1) is 8.09. The highest BCUT2D eigenvalue weighted by Gasteiger charge is 2.17. The third-order valence-corrected chi connectivity index (χ3v) is 4.19. The number of alkyl halides is 1. The third-order valence-electron chi connectivity index (χ3n) is 2.56. The zero-order valence-corrected chi connectivity index (χ0v) is 12.3. The number of nitrogens with zero attached hydrogens (tertiary/aromatic N) is 2. The maximum absolute atomic E-state index is 6.14. The first-order valence-corrected chi connectivity index (χ1v) is 6.82. The van der Waals surface area contributed by atoms with Gasteiger partial charge in [-0.2, -0.15) is 5.10 Å². The topological polar surface area (TPSA) is 17.8 Å². The molecule has 1 heterocycles. The predicted octanol–water partition coefficient (Wildman–Crippen LogP) is 4.41. The molecule has 2 nitrogen and oxygen atoms in total. The van der Waals surface area contributed by atoms with Crippen LogP contribution < -0.4 is 0 Å². The zero-order chi connectivity index (χ0) is 12.4. The van der Waals surface area contributed by atoms with Crippen molar-refractivity contribution in [1.82, 2.24) is 9.78 Å². The number of hydrogen-bond donors (Lipinski definition) is 0. The van der Waals surface area contributed by atoms with Crippen molar-refractivity contribution in [2.24, 2.45) is 7.05 Å². The average Bonchev–Trinajstić information content (AvgIpc) is 2.57. The number of rotatable bonds is 3. The Bertz CT molecular complexity index is 511. The van der Waals surface area contributed by atoms with Gasteiger partial charge in [-0.3, -0.25) is 4.68 Å². The fraction of sp³-hybridized carbons (Fsp3) is 0.250. The van der Waals surface area contributed by atoms with Gasteiger partial charge in [-0.05, 0) is 12.0 Å². The third kappa shape index (κ3) is 2.84. The highest BCUT2D eigenvalue weighted by molar-refractivity contribution is 9.09. The molecule has 0 saturated carbocycles. The van der Waals surface area contributed by atoms with Crippen molar-refractivity contribution >= 4 is 39.1 Å². The fourth-order valence-corrected chi connectivity index (χ4v) is 2.81. The van der Waals surface area contributed by atoms with Crippen LogP contribution in [0.25, 0.3) is 0 Å². The van der Waals surface area contributed by atoms with E-state index in [1.807, 2.05) is 18.2 Å². The summed E-state index contributed by atoms with van der Waals surface area (Å²) in [6.07, 6.45) is 0.718. The molecule has 1 aromatic heterocycles. The van der Waals surface area contributed by atoms with Crippen molar-refractivity contribution in [2.45, 2.75) is 11.2 Å². The Kier molecular flexibility index (Phi) is 4.13. The van der Waals surface area contributed by atoms with Crippen molar-refractivity contribution in [3.63, 3.8) is 0 Å². The minimum absolute atomic E-state index is 0.183. The summed E-state index contributed by atoms with van der Waals surface area (Å²) in [7, 11) is 1.78. The molecule has 1 aromatic carbocycles. The van der Waals surface area contributed by atoms with Crippen molar-refractivity contribution in [3.8, 4) is 0 Å². The summed E-state index contributed by atoms with van der Waals surface area (Å²) in [5.41, 5.74) is 2.07. The van der Waals surface area contributed by atoms with E-state index in [0.717, 1.165) is 12.0 Å². The molecule has 0 radical (unpaired) electrons. The summed E-state index contributed by atoms with van der Waals surface area (Å²) in [5.74, 6) is 0. The van der Waals surface area contributed by atoms with Crippen LogP contribution in [0.3, 0.4) is 0 Å². The van der Waals surface area contributed by atoms with Gasteiger partial charge in [-0.25, -0.2) is 0 Å². The molecule has 0 fully saturated rings. The molecule has 0 aliphatic heterocycles. The molecule has 2 aromatic rings. The Hall–Kier alpha value is -0.510. The van der Waals surface area contributed by atoms with Gasteiger partial charge < -0.3 is 0 Å². The van der Waals surface area contributed by atoms with Gasteiger partial charge in [0.25, 0.3) is 0 Å². The van der Waals surface area contributed by atoms with Crippen LogP contribution in [0.4, 0.5) is 0 Å². The number of benzene rings is 1. The lowest BCUT2D eigenvalue weighted by atomic mass is 10.1. The van der Waals surface area contributed by atoms with Gasteiger partial charge >= 0.3 is 0 Å². The van der Waals surface area contributed by atoms with Gasteiger partial charge in [-0.15, -0.1) is 0 Å². The van der Waals surface area contributed by atoms with Crippen LogP contribution in [0, 0.1) is 0 Å². The number of aryl methyl sites for hydroxylation is 1. The number of halogens is 3. The summed E-state index contributed by atoms with van der Waals surface area (Å²) in [4.78, 5) is 0.183. The van der Waals surface area contributed by atoms with Crippen LogP contribution in [0.1, 0.15) is 16.0 Å². The van der Waals surface area contributed by atoms with E-state index in [4.69, 9.17) is 23.2 Å². The van der Waals surface area contributed by atoms with E-state index in [9.17, 15) is 0 Å². The van der Waals surface area contributed by atoms with E-state index in [1.54, 1.807) is 11.7 Å². The lowest BCUT2D eigenvalue weighted by Crippen LogP contribution is -1.96. The molecule has 0 spiro atoms. The van der Waals surface area contributed by atoms with Crippen LogP contribution >= 0.6 is 39.1 Å². The molecule has 1 unspecified atom stereocenters. The summed E-state index contributed by atoms with van der Waals surface area (Å²) in [5, 5.41) is 5.15. The molecule has 90 valence electrons. The quantitative estimate of drug-likeness (QED) is 0.761. The van der Waals surface area contributed by atoms with E-state index < -0.39 is 0 Å². The molecule has 5 heteroatoms. The maximum Gasteiger partial charge on any atom is 0.155 e. The Balaban J connectivity index is 2.22. The summed E-state index contributed by atoms with van der Waals surface area (Å²) in [6.45, 7) is 0. The van der Waals surface area contributed by atoms with Crippen LogP contribution in [0.5, 0.6) is 0 Å². The molecule has 0 N–H and O–H groups in total. The van der Waals surface area contributed by atoms with Gasteiger partial charge in [0.05, 0.1) is 0 Å². The Morgan fingerprint density at radius 2 is 1.94 bits per heavy atom. The molecule has 0 bridgehead atoms. The van der Waals surface area contributed by atoms with E-state index in [-0.39, 0.29) is 4.83 Å². The standard InChI is InChI=1S/C12H11BrCl2N2/c1-17-12(15)9(11(14)16-17)7-10(13)8-5-3-2-4-6-8/h2-6,10H,7H2,1H3. The first kappa shape index (κ1) is 12.9. The maximum atomic E-state index is 6.14. The molecule has 0 saturated heterocycles.